The van der Waals surface area contributed by atoms with Crippen molar-refractivity contribution in [1.82, 2.24) is 0 Å². The standard InChI is InChI=1S/C17H34O2.Na/c1-2-3-4-5-6-7-8-9-10-11-12-13-14-15-16-17(18)19;/h2-16H2,1H3,(H,18,19);. The van der Waals surface area contributed by atoms with Gasteiger partial charge in [0.15, 0.2) is 0 Å². The summed E-state index contributed by atoms with van der Waals surface area (Å²) in [6.07, 6.45) is 18.7. The quantitative estimate of drug-likeness (QED) is 0.317. The van der Waals surface area contributed by atoms with Crippen LogP contribution in [0.2, 0.25) is 0 Å². The van der Waals surface area contributed by atoms with E-state index in [9.17, 15) is 4.79 Å². The van der Waals surface area contributed by atoms with E-state index < -0.39 is 5.97 Å². The molecule has 0 heterocycles. The number of unbranched alkanes of at least 4 members (excludes halogenated alkanes) is 13. The topological polar surface area (TPSA) is 37.3 Å². The molecular formula is C17H34NaO2. The van der Waals surface area contributed by atoms with Gasteiger partial charge in [0.2, 0.25) is 0 Å². The van der Waals surface area contributed by atoms with Crippen LogP contribution in [0.4, 0.5) is 0 Å². The maximum absolute atomic E-state index is 10.3. The van der Waals surface area contributed by atoms with Crippen LogP contribution in [0.1, 0.15) is 103 Å². The zero-order chi connectivity index (χ0) is 14.2. The molecule has 3 heteroatoms. The SMILES string of the molecule is CCCCCCCCCCCCCCCCC(=O)O.[Na]. The molecule has 1 radical (unpaired) electrons. The van der Waals surface area contributed by atoms with Crippen molar-refractivity contribution in [2.45, 2.75) is 103 Å². The molecule has 0 unspecified atom stereocenters. The molecule has 0 atom stereocenters. The molecule has 2 nitrogen and oxygen atoms in total. The van der Waals surface area contributed by atoms with Crippen molar-refractivity contribution < 1.29 is 9.90 Å². The van der Waals surface area contributed by atoms with Crippen LogP contribution in [0, 0.1) is 0 Å². The van der Waals surface area contributed by atoms with Gasteiger partial charge in [0.25, 0.3) is 0 Å². The van der Waals surface area contributed by atoms with Gasteiger partial charge in [-0.3, -0.25) is 4.79 Å². The monoisotopic (exact) mass is 293 g/mol. The minimum absolute atomic E-state index is 0. The summed E-state index contributed by atoms with van der Waals surface area (Å²) in [6.45, 7) is 2.27. The molecule has 0 saturated carbocycles. The van der Waals surface area contributed by atoms with E-state index in [1.807, 2.05) is 0 Å². The molecule has 0 aliphatic heterocycles. The number of rotatable bonds is 15. The molecule has 0 aromatic carbocycles. The minimum atomic E-state index is -0.654. The predicted octanol–water partition coefficient (Wildman–Crippen LogP) is 5.56. The van der Waals surface area contributed by atoms with Crippen molar-refractivity contribution in [1.29, 1.82) is 0 Å². The molecule has 0 aromatic heterocycles. The second-order valence-corrected chi connectivity index (χ2v) is 5.74. The largest absolute Gasteiger partial charge is 0.481 e. The van der Waals surface area contributed by atoms with Crippen LogP contribution < -0.4 is 0 Å². The third-order valence-electron chi connectivity index (χ3n) is 3.74. The first-order chi connectivity index (χ1) is 9.27. The number of carbonyl (C=O) groups is 1. The van der Waals surface area contributed by atoms with Crippen molar-refractivity contribution in [2.75, 3.05) is 0 Å². The number of hydrogen-bond donors (Lipinski definition) is 1. The zero-order valence-corrected chi connectivity index (χ0v) is 16.0. The summed E-state index contributed by atoms with van der Waals surface area (Å²) < 4.78 is 0. The number of hydrogen-bond acceptors (Lipinski definition) is 1. The fourth-order valence-corrected chi connectivity index (χ4v) is 2.47. The Kier molecular flexibility index (Phi) is 22.1. The summed E-state index contributed by atoms with van der Waals surface area (Å²) >= 11 is 0. The second kappa shape index (κ2) is 19.5. The van der Waals surface area contributed by atoms with E-state index in [1.54, 1.807) is 0 Å². The van der Waals surface area contributed by atoms with Gasteiger partial charge in [-0.1, -0.05) is 90.4 Å². The Bertz CT molecular complexity index is 195. The van der Waals surface area contributed by atoms with Gasteiger partial charge in [0, 0.05) is 36.0 Å². The first-order valence-electron chi connectivity index (χ1n) is 8.49. The van der Waals surface area contributed by atoms with Crippen LogP contribution in [0.5, 0.6) is 0 Å². The van der Waals surface area contributed by atoms with E-state index in [1.165, 1.54) is 77.0 Å². The van der Waals surface area contributed by atoms with Crippen molar-refractivity contribution >= 4 is 35.5 Å². The Morgan fingerprint density at radius 1 is 0.650 bits per heavy atom. The molecule has 0 spiro atoms. The summed E-state index contributed by atoms with van der Waals surface area (Å²) in [5.74, 6) is -0.654. The smallest absolute Gasteiger partial charge is 0.303 e. The van der Waals surface area contributed by atoms with E-state index in [-0.39, 0.29) is 29.6 Å². The average Bonchev–Trinajstić information content (AvgIpc) is 2.39. The van der Waals surface area contributed by atoms with Gasteiger partial charge in [0.05, 0.1) is 0 Å². The third-order valence-corrected chi connectivity index (χ3v) is 3.74. The number of carboxylic acid groups (broad SMARTS) is 1. The van der Waals surface area contributed by atoms with Crippen LogP contribution in [0.15, 0.2) is 0 Å². The molecule has 115 valence electrons. The van der Waals surface area contributed by atoms with Crippen LogP contribution >= 0.6 is 0 Å². The van der Waals surface area contributed by atoms with Crippen molar-refractivity contribution in [3.8, 4) is 0 Å². The molecule has 0 aliphatic carbocycles. The Morgan fingerprint density at radius 2 is 0.950 bits per heavy atom. The molecule has 0 aliphatic rings. The summed E-state index contributed by atoms with van der Waals surface area (Å²) in [7, 11) is 0. The Balaban J connectivity index is 0. The minimum Gasteiger partial charge on any atom is -0.481 e. The van der Waals surface area contributed by atoms with E-state index >= 15 is 0 Å². The molecule has 0 aromatic rings. The van der Waals surface area contributed by atoms with Gasteiger partial charge in [-0.2, -0.15) is 0 Å². The van der Waals surface area contributed by atoms with Gasteiger partial charge < -0.3 is 5.11 Å². The van der Waals surface area contributed by atoms with Gasteiger partial charge in [-0.15, -0.1) is 0 Å². The van der Waals surface area contributed by atoms with Gasteiger partial charge in [-0.25, -0.2) is 0 Å². The van der Waals surface area contributed by atoms with E-state index in [2.05, 4.69) is 6.92 Å². The molecule has 0 bridgehead atoms. The number of carboxylic acids is 1. The summed E-state index contributed by atoms with van der Waals surface area (Å²) in [4.78, 5) is 10.3. The van der Waals surface area contributed by atoms with Crippen LogP contribution in [-0.4, -0.2) is 40.6 Å². The molecule has 0 amide bonds. The van der Waals surface area contributed by atoms with E-state index in [0.717, 1.165) is 12.8 Å². The van der Waals surface area contributed by atoms with Crippen molar-refractivity contribution in [3.63, 3.8) is 0 Å². The number of aliphatic carboxylic acids is 1. The first-order valence-corrected chi connectivity index (χ1v) is 8.49. The van der Waals surface area contributed by atoms with Crippen molar-refractivity contribution in [3.05, 3.63) is 0 Å². The third kappa shape index (κ3) is 20.8. The summed E-state index contributed by atoms with van der Waals surface area (Å²) in [5.41, 5.74) is 0. The normalized spacial score (nSPS) is 10.2. The Labute approximate surface area is 148 Å². The summed E-state index contributed by atoms with van der Waals surface area (Å²) in [6, 6.07) is 0. The molecule has 0 fully saturated rings. The van der Waals surface area contributed by atoms with Crippen LogP contribution in [0.3, 0.4) is 0 Å². The van der Waals surface area contributed by atoms with E-state index in [0.29, 0.717) is 6.42 Å². The van der Waals surface area contributed by atoms with Gasteiger partial charge in [-0.05, 0) is 6.42 Å². The fraction of sp³-hybridized carbons (Fsp3) is 0.941. The Hall–Kier alpha value is 0.470. The maximum atomic E-state index is 10.3. The predicted molar refractivity (Wildman–Crippen MR) is 88.3 cm³/mol. The zero-order valence-electron chi connectivity index (χ0n) is 14.0. The maximum Gasteiger partial charge on any atom is 0.303 e. The molecule has 0 saturated heterocycles. The van der Waals surface area contributed by atoms with Crippen LogP contribution in [-0.2, 0) is 4.79 Å². The second-order valence-electron chi connectivity index (χ2n) is 5.74. The fourth-order valence-electron chi connectivity index (χ4n) is 2.47. The molecule has 20 heavy (non-hydrogen) atoms. The van der Waals surface area contributed by atoms with Crippen molar-refractivity contribution in [2.24, 2.45) is 0 Å². The summed E-state index contributed by atoms with van der Waals surface area (Å²) in [5, 5.41) is 8.50. The molecular weight excluding hydrogens is 259 g/mol. The molecule has 1 N–H and O–H groups in total. The first kappa shape index (κ1) is 22.7. The molecule has 0 rings (SSSR count). The van der Waals surface area contributed by atoms with Gasteiger partial charge >= 0.3 is 5.97 Å². The van der Waals surface area contributed by atoms with Gasteiger partial charge in [0.1, 0.15) is 0 Å². The Morgan fingerprint density at radius 3 is 1.25 bits per heavy atom. The average molecular weight is 293 g/mol. The van der Waals surface area contributed by atoms with Crippen LogP contribution in [0.25, 0.3) is 0 Å². The van der Waals surface area contributed by atoms with E-state index in [4.69, 9.17) is 5.11 Å².